The summed E-state index contributed by atoms with van der Waals surface area (Å²) >= 11 is 7.35. The molecular weight excluding hydrogens is 369 g/mol. The number of hydrogen-bond donors (Lipinski definition) is 3. The van der Waals surface area contributed by atoms with Gasteiger partial charge in [0.25, 0.3) is 0 Å². The summed E-state index contributed by atoms with van der Waals surface area (Å²) in [7, 11) is 0. The van der Waals surface area contributed by atoms with Gasteiger partial charge in [0.15, 0.2) is 0 Å². The van der Waals surface area contributed by atoms with Crippen molar-refractivity contribution in [3.05, 3.63) is 23.2 Å². The Morgan fingerprint density at radius 2 is 2.25 bits per heavy atom. The molecular formula is C16H21Cl2N3O2S. The van der Waals surface area contributed by atoms with E-state index in [-0.39, 0.29) is 42.7 Å². The van der Waals surface area contributed by atoms with Crippen LogP contribution in [0.15, 0.2) is 23.1 Å². The number of thioether (sulfide) groups is 1. The zero-order valence-corrected chi connectivity index (χ0v) is 15.7. The highest BCUT2D eigenvalue weighted by atomic mass is 35.5. The quantitative estimate of drug-likeness (QED) is 0.743. The summed E-state index contributed by atoms with van der Waals surface area (Å²) in [6, 6.07) is 5.80. The number of carbonyl (C=O) groups is 2. The lowest BCUT2D eigenvalue weighted by Crippen LogP contribution is -2.52. The molecule has 24 heavy (non-hydrogen) atoms. The van der Waals surface area contributed by atoms with E-state index in [0.717, 1.165) is 24.3 Å². The third kappa shape index (κ3) is 4.57. The second kappa shape index (κ2) is 8.43. The second-order valence-electron chi connectivity index (χ2n) is 6.00. The largest absolute Gasteiger partial charge is 0.352 e. The molecule has 0 spiro atoms. The van der Waals surface area contributed by atoms with Crippen LogP contribution in [0.4, 0.5) is 5.69 Å². The molecule has 0 aliphatic carbocycles. The van der Waals surface area contributed by atoms with Crippen LogP contribution in [0.3, 0.4) is 0 Å². The molecule has 8 heteroatoms. The number of rotatable bonds is 3. The van der Waals surface area contributed by atoms with Crippen LogP contribution in [0.2, 0.25) is 5.02 Å². The normalized spacial score (nSPS) is 25.9. The van der Waals surface area contributed by atoms with E-state index in [4.69, 9.17) is 11.6 Å². The first-order valence-corrected chi connectivity index (χ1v) is 9.08. The zero-order chi connectivity index (χ0) is 16.4. The Kier molecular flexibility index (Phi) is 6.80. The summed E-state index contributed by atoms with van der Waals surface area (Å²) in [4.78, 5) is 25.4. The van der Waals surface area contributed by atoms with Crippen molar-refractivity contribution in [2.75, 3.05) is 11.9 Å². The number of anilines is 1. The van der Waals surface area contributed by atoms with Gasteiger partial charge in [0.1, 0.15) is 0 Å². The molecule has 2 aliphatic heterocycles. The van der Waals surface area contributed by atoms with Crippen LogP contribution in [0, 0.1) is 0 Å². The van der Waals surface area contributed by atoms with Crippen molar-refractivity contribution in [3.8, 4) is 0 Å². The first-order chi connectivity index (χ1) is 11.0. The van der Waals surface area contributed by atoms with E-state index in [0.29, 0.717) is 10.7 Å². The number of carbonyl (C=O) groups excluding carboxylic acids is 2. The first kappa shape index (κ1) is 19.4. The Labute approximate surface area is 157 Å². The van der Waals surface area contributed by atoms with Crippen LogP contribution in [0.25, 0.3) is 0 Å². The molecule has 132 valence electrons. The monoisotopic (exact) mass is 389 g/mol. The van der Waals surface area contributed by atoms with Gasteiger partial charge < -0.3 is 16.0 Å². The van der Waals surface area contributed by atoms with Crippen molar-refractivity contribution in [1.82, 2.24) is 10.6 Å². The van der Waals surface area contributed by atoms with Crippen LogP contribution < -0.4 is 16.0 Å². The smallest absolute Gasteiger partial charge is 0.238 e. The van der Waals surface area contributed by atoms with Crippen molar-refractivity contribution in [2.45, 2.75) is 48.4 Å². The molecule has 3 unspecified atom stereocenters. The van der Waals surface area contributed by atoms with Gasteiger partial charge in [0.05, 0.1) is 10.9 Å². The van der Waals surface area contributed by atoms with Gasteiger partial charge in [-0.1, -0.05) is 11.6 Å². The van der Waals surface area contributed by atoms with E-state index in [2.05, 4.69) is 22.9 Å². The number of halogens is 2. The molecule has 3 atom stereocenters. The van der Waals surface area contributed by atoms with Crippen molar-refractivity contribution in [2.24, 2.45) is 0 Å². The minimum Gasteiger partial charge on any atom is -0.352 e. The van der Waals surface area contributed by atoms with Gasteiger partial charge >= 0.3 is 0 Å². The number of fused-ring (bicyclic) bond motifs is 1. The van der Waals surface area contributed by atoms with Crippen LogP contribution in [0.1, 0.15) is 26.2 Å². The third-order valence-corrected chi connectivity index (χ3v) is 5.75. The Hall–Kier alpha value is -0.950. The molecule has 3 N–H and O–H groups in total. The first-order valence-electron chi connectivity index (χ1n) is 7.83. The van der Waals surface area contributed by atoms with E-state index in [1.165, 1.54) is 11.8 Å². The lowest BCUT2D eigenvalue weighted by atomic mass is 9.99. The minimum absolute atomic E-state index is 0. The number of nitrogens with one attached hydrogen (secondary N) is 3. The molecule has 0 aromatic heterocycles. The average Bonchev–Trinajstić information content (AvgIpc) is 2.50. The molecule has 0 saturated carbocycles. The molecule has 1 saturated heterocycles. The summed E-state index contributed by atoms with van der Waals surface area (Å²) in [5, 5.41) is 9.42. The summed E-state index contributed by atoms with van der Waals surface area (Å²) in [5.74, 6) is -0.217. The van der Waals surface area contributed by atoms with Crippen LogP contribution in [-0.2, 0) is 9.59 Å². The molecule has 1 aromatic carbocycles. The Morgan fingerprint density at radius 1 is 1.46 bits per heavy atom. The molecule has 0 radical (unpaired) electrons. The third-order valence-electron chi connectivity index (χ3n) is 4.24. The fraction of sp³-hybridized carbons (Fsp3) is 0.500. The van der Waals surface area contributed by atoms with Crippen molar-refractivity contribution in [1.29, 1.82) is 0 Å². The van der Waals surface area contributed by atoms with E-state index < -0.39 is 5.25 Å². The van der Waals surface area contributed by atoms with Gasteiger partial charge in [-0.15, -0.1) is 24.2 Å². The van der Waals surface area contributed by atoms with E-state index in [1.807, 2.05) is 6.07 Å². The summed E-state index contributed by atoms with van der Waals surface area (Å²) in [5.41, 5.74) is 0.717. The predicted molar refractivity (Wildman–Crippen MR) is 100 cm³/mol. The van der Waals surface area contributed by atoms with E-state index >= 15 is 0 Å². The maximum absolute atomic E-state index is 12.3. The number of hydrogen-bond acceptors (Lipinski definition) is 4. The minimum atomic E-state index is -0.407. The summed E-state index contributed by atoms with van der Waals surface area (Å²) in [6.07, 6.45) is 2.22. The molecule has 1 fully saturated rings. The highest BCUT2D eigenvalue weighted by molar-refractivity contribution is 8.01. The lowest BCUT2D eigenvalue weighted by Gasteiger charge is -2.31. The van der Waals surface area contributed by atoms with Gasteiger partial charge in [0.2, 0.25) is 11.8 Å². The van der Waals surface area contributed by atoms with Crippen LogP contribution >= 0.6 is 35.8 Å². The molecule has 2 amide bonds. The van der Waals surface area contributed by atoms with Crippen LogP contribution in [0.5, 0.6) is 0 Å². The van der Waals surface area contributed by atoms with Crippen molar-refractivity contribution in [3.63, 3.8) is 0 Å². The van der Waals surface area contributed by atoms with Crippen molar-refractivity contribution >= 4 is 53.3 Å². The standard InChI is InChI=1S/C16H20ClN3O2S.ClH/c1-9-11(3-2-6-18-9)19-15(21)8-14-16(22)20-12-7-10(17)4-5-13(12)23-14;/h4-5,7,9,11,14,18H,2-3,6,8H2,1H3,(H,19,21)(H,20,22);1H. The van der Waals surface area contributed by atoms with Crippen molar-refractivity contribution < 1.29 is 9.59 Å². The van der Waals surface area contributed by atoms with Gasteiger partial charge in [-0.3, -0.25) is 9.59 Å². The molecule has 5 nitrogen and oxygen atoms in total. The molecule has 1 aromatic rings. The predicted octanol–water partition coefficient (Wildman–Crippen LogP) is 2.82. The van der Waals surface area contributed by atoms with Gasteiger partial charge in [0, 0.05) is 28.4 Å². The maximum Gasteiger partial charge on any atom is 0.238 e. The number of piperidine rings is 1. The fourth-order valence-corrected chi connectivity index (χ4v) is 4.20. The lowest BCUT2D eigenvalue weighted by molar-refractivity contribution is -0.124. The van der Waals surface area contributed by atoms with E-state index in [9.17, 15) is 9.59 Å². The van der Waals surface area contributed by atoms with Gasteiger partial charge in [-0.2, -0.15) is 0 Å². The molecule has 2 aliphatic rings. The van der Waals surface area contributed by atoms with Crippen LogP contribution in [-0.4, -0.2) is 35.7 Å². The summed E-state index contributed by atoms with van der Waals surface area (Å²) in [6.45, 7) is 3.07. The number of benzene rings is 1. The molecule has 0 bridgehead atoms. The topological polar surface area (TPSA) is 70.2 Å². The Balaban J connectivity index is 0.00000208. The fourth-order valence-electron chi connectivity index (χ4n) is 2.93. The highest BCUT2D eigenvalue weighted by Crippen LogP contribution is 2.38. The Morgan fingerprint density at radius 3 is 3.00 bits per heavy atom. The second-order valence-corrected chi connectivity index (χ2v) is 7.68. The maximum atomic E-state index is 12.3. The van der Waals surface area contributed by atoms with Gasteiger partial charge in [-0.25, -0.2) is 0 Å². The number of amides is 2. The van der Waals surface area contributed by atoms with Gasteiger partial charge in [-0.05, 0) is 44.5 Å². The molecule has 2 heterocycles. The molecule has 3 rings (SSSR count). The summed E-state index contributed by atoms with van der Waals surface area (Å²) < 4.78 is 0. The highest BCUT2D eigenvalue weighted by Gasteiger charge is 2.30. The zero-order valence-electron chi connectivity index (χ0n) is 13.3. The SMILES string of the molecule is CC1NCCCC1NC(=O)CC1Sc2ccc(Cl)cc2NC1=O.Cl. The average molecular weight is 390 g/mol. The Bertz CT molecular complexity index is 629. The van der Waals surface area contributed by atoms with E-state index in [1.54, 1.807) is 12.1 Å².